The van der Waals surface area contributed by atoms with E-state index in [4.69, 9.17) is 4.74 Å². The van der Waals surface area contributed by atoms with Crippen LogP contribution < -0.4 is 10.1 Å². The van der Waals surface area contributed by atoms with Gasteiger partial charge in [0.25, 0.3) is 0 Å². The maximum Gasteiger partial charge on any atom is 0.170 e. The fourth-order valence-corrected chi connectivity index (χ4v) is 3.53. The van der Waals surface area contributed by atoms with E-state index in [1.165, 1.54) is 7.11 Å². The third kappa shape index (κ3) is 3.43. The monoisotopic (exact) mass is 342 g/mol. The molecule has 3 rings (SSSR count). The average Bonchev–Trinajstić information content (AvgIpc) is 3.04. The van der Waals surface area contributed by atoms with Crippen molar-refractivity contribution in [1.29, 1.82) is 0 Å². The van der Waals surface area contributed by atoms with Gasteiger partial charge >= 0.3 is 0 Å². The number of nitrogens with one attached hydrogen (secondary N) is 1. The summed E-state index contributed by atoms with van der Waals surface area (Å²) >= 11 is 1.65. The summed E-state index contributed by atoms with van der Waals surface area (Å²) in [4.78, 5) is 2.33. The Hall–Kier alpha value is -1.14. The molecule has 120 valence electrons. The Balaban J connectivity index is 0.00000176. The summed E-state index contributed by atoms with van der Waals surface area (Å²) in [6.45, 7) is 3.70. The Bertz CT molecular complexity index is 588. The van der Waals surface area contributed by atoms with Crippen LogP contribution in [0.3, 0.4) is 0 Å². The first-order valence-electron chi connectivity index (χ1n) is 7.10. The molecule has 0 unspecified atom stereocenters. The predicted molar refractivity (Wildman–Crippen MR) is 90.8 cm³/mol. The van der Waals surface area contributed by atoms with E-state index in [9.17, 15) is 4.39 Å². The second kappa shape index (κ2) is 7.92. The van der Waals surface area contributed by atoms with Gasteiger partial charge in [-0.3, -0.25) is 4.90 Å². The highest BCUT2D eigenvalue weighted by Gasteiger charge is 2.27. The van der Waals surface area contributed by atoms with Gasteiger partial charge in [-0.2, -0.15) is 11.3 Å². The number of hydrogen-bond acceptors (Lipinski definition) is 4. The third-order valence-corrected chi connectivity index (χ3v) is 4.58. The van der Waals surface area contributed by atoms with Gasteiger partial charge in [0.05, 0.1) is 13.2 Å². The molecule has 1 aliphatic rings. The first-order chi connectivity index (χ1) is 10.3. The number of piperazine rings is 1. The lowest BCUT2D eigenvalue weighted by Gasteiger charge is -2.35. The molecule has 1 aromatic carbocycles. The number of rotatable bonds is 4. The Morgan fingerprint density at radius 2 is 2.05 bits per heavy atom. The predicted octanol–water partition coefficient (Wildman–Crippen LogP) is 3.31. The number of ether oxygens (including phenoxy) is 1. The van der Waals surface area contributed by atoms with Gasteiger partial charge in [0.1, 0.15) is 0 Å². The van der Waals surface area contributed by atoms with Crippen LogP contribution in [0.1, 0.15) is 17.2 Å². The molecule has 1 N–H and O–H groups in total. The maximum atomic E-state index is 14.7. The van der Waals surface area contributed by atoms with E-state index in [1.807, 2.05) is 17.5 Å². The number of thiophene rings is 1. The van der Waals surface area contributed by atoms with Gasteiger partial charge in [0, 0.05) is 31.7 Å². The number of nitrogens with zero attached hydrogens (tertiary/aromatic N) is 1. The molecule has 0 amide bonds. The zero-order valence-corrected chi connectivity index (χ0v) is 14.1. The molecular formula is C16H20ClFN2OS. The molecule has 0 radical (unpaired) electrons. The lowest BCUT2D eigenvalue weighted by molar-refractivity contribution is 0.195. The minimum absolute atomic E-state index is 0. The molecule has 0 saturated carbocycles. The molecule has 6 heteroatoms. The molecule has 0 bridgehead atoms. The maximum absolute atomic E-state index is 14.7. The molecule has 1 fully saturated rings. The number of halogens is 2. The van der Waals surface area contributed by atoms with E-state index in [2.05, 4.69) is 21.7 Å². The molecule has 22 heavy (non-hydrogen) atoms. The molecule has 2 aromatic rings. The van der Waals surface area contributed by atoms with Crippen LogP contribution >= 0.6 is 23.7 Å². The summed E-state index contributed by atoms with van der Waals surface area (Å²) in [5, 5.41) is 7.49. The fraction of sp³-hybridized carbons (Fsp3) is 0.375. The fourth-order valence-electron chi connectivity index (χ4n) is 2.85. The highest BCUT2D eigenvalue weighted by atomic mass is 35.5. The standard InChI is InChI=1S/C16H19FN2OS.ClH/c1-20-14-4-2-3-13(15(14)17)16(12-5-10-21-11-12)19-8-6-18-7-9-19;/h2-5,10-11,16,18H,6-9H2,1H3;1H/t16-;/m1./s1. The van der Waals surface area contributed by atoms with E-state index in [0.29, 0.717) is 11.3 Å². The zero-order chi connectivity index (χ0) is 14.7. The highest BCUT2D eigenvalue weighted by Crippen LogP contribution is 2.34. The van der Waals surface area contributed by atoms with E-state index in [0.717, 1.165) is 31.7 Å². The molecule has 0 spiro atoms. The van der Waals surface area contributed by atoms with Crippen LogP contribution in [-0.4, -0.2) is 38.2 Å². The SMILES string of the molecule is COc1cccc([C@@H](c2ccsc2)N2CCNCC2)c1F.Cl. The summed E-state index contributed by atoms with van der Waals surface area (Å²) < 4.78 is 19.8. The topological polar surface area (TPSA) is 24.5 Å². The Kier molecular flexibility index (Phi) is 6.20. The third-order valence-electron chi connectivity index (χ3n) is 3.88. The van der Waals surface area contributed by atoms with Crippen LogP contribution in [0.5, 0.6) is 5.75 Å². The molecule has 1 saturated heterocycles. The summed E-state index contributed by atoms with van der Waals surface area (Å²) in [6, 6.07) is 7.42. The van der Waals surface area contributed by atoms with Gasteiger partial charge in [0.2, 0.25) is 0 Å². The summed E-state index contributed by atoms with van der Waals surface area (Å²) in [7, 11) is 1.51. The van der Waals surface area contributed by atoms with Gasteiger partial charge in [0.15, 0.2) is 11.6 Å². The summed E-state index contributed by atoms with van der Waals surface area (Å²) in [5.74, 6) is 0.0533. The Labute approximate surface area is 140 Å². The number of benzene rings is 1. The molecule has 3 nitrogen and oxygen atoms in total. The van der Waals surface area contributed by atoms with Crippen molar-refractivity contribution in [1.82, 2.24) is 10.2 Å². The van der Waals surface area contributed by atoms with Crippen LogP contribution in [0.25, 0.3) is 0 Å². The van der Waals surface area contributed by atoms with Crippen molar-refractivity contribution in [3.63, 3.8) is 0 Å². The molecule has 0 aliphatic carbocycles. The minimum Gasteiger partial charge on any atom is -0.494 e. The van der Waals surface area contributed by atoms with E-state index >= 15 is 0 Å². The molecule has 1 aromatic heterocycles. The second-order valence-electron chi connectivity index (χ2n) is 5.11. The van der Waals surface area contributed by atoms with Crippen molar-refractivity contribution >= 4 is 23.7 Å². The molecule has 1 aliphatic heterocycles. The van der Waals surface area contributed by atoms with E-state index in [-0.39, 0.29) is 24.3 Å². The van der Waals surface area contributed by atoms with Gasteiger partial charge in [-0.05, 0) is 28.5 Å². The first kappa shape index (κ1) is 17.2. The van der Waals surface area contributed by atoms with Crippen LogP contribution in [0, 0.1) is 5.82 Å². The van der Waals surface area contributed by atoms with Crippen molar-refractivity contribution in [3.8, 4) is 5.75 Å². The summed E-state index contributed by atoms with van der Waals surface area (Å²) in [6.07, 6.45) is 0. The van der Waals surface area contributed by atoms with Crippen molar-refractivity contribution in [3.05, 3.63) is 52.0 Å². The molecular weight excluding hydrogens is 323 g/mol. The average molecular weight is 343 g/mol. The van der Waals surface area contributed by atoms with Gasteiger partial charge < -0.3 is 10.1 Å². The van der Waals surface area contributed by atoms with Crippen molar-refractivity contribution in [2.24, 2.45) is 0 Å². The second-order valence-corrected chi connectivity index (χ2v) is 5.89. The Morgan fingerprint density at radius 1 is 1.27 bits per heavy atom. The van der Waals surface area contributed by atoms with Gasteiger partial charge in [-0.1, -0.05) is 12.1 Å². The quantitative estimate of drug-likeness (QED) is 0.922. The highest BCUT2D eigenvalue weighted by molar-refractivity contribution is 7.08. The van der Waals surface area contributed by atoms with Crippen LogP contribution in [0.4, 0.5) is 4.39 Å². The molecule has 2 heterocycles. The van der Waals surface area contributed by atoms with Crippen LogP contribution in [0.15, 0.2) is 35.0 Å². The zero-order valence-electron chi connectivity index (χ0n) is 12.4. The lowest BCUT2D eigenvalue weighted by Crippen LogP contribution is -2.45. The minimum atomic E-state index is -0.255. The smallest absolute Gasteiger partial charge is 0.170 e. The van der Waals surface area contributed by atoms with Crippen molar-refractivity contribution in [2.45, 2.75) is 6.04 Å². The van der Waals surface area contributed by atoms with Crippen LogP contribution in [-0.2, 0) is 0 Å². The first-order valence-corrected chi connectivity index (χ1v) is 8.05. The van der Waals surface area contributed by atoms with Crippen molar-refractivity contribution in [2.75, 3.05) is 33.3 Å². The van der Waals surface area contributed by atoms with Gasteiger partial charge in [-0.15, -0.1) is 12.4 Å². The van der Waals surface area contributed by atoms with Gasteiger partial charge in [-0.25, -0.2) is 4.39 Å². The van der Waals surface area contributed by atoms with E-state index in [1.54, 1.807) is 17.4 Å². The number of hydrogen-bond donors (Lipinski definition) is 1. The largest absolute Gasteiger partial charge is 0.494 e. The number of methoxy groups -OCH3 is 1. The summed E-state index contributed by atoms with van der Waals surface area (Å²) in [5.41, 5.74) is 1.84. The van der Waals surface area contributed by atoms with Crippen molar-refractivity contribution < 1.29 is 9.13 Å². The van der Waals surface area contributed by atoms with Crippen LogP contribution in [0.2, 0.25) is 0 Å². The molecule has 1 atom stereocenters. The van der Waals surface area contributed by atoms with E-state index < -0.39 is 0 Å². The normalized spacial score (nSPS) is 16.8. The lowest BCUT2D eigenvalue weighted by atomic mass is 9.98. The Morgan fingerprint density at radius 3 is 2.68 bits per heavy atom.